The lowest BCUT2D eigenvalue weighted by molar-refractivity contribution is 0.0556. The molecule has 24 heavy (non-hydrogen) atoms. The molecule has 0 aliphatic rings. The predicted octanol–water partition coefficient (Wildman–Crippen LogP) is 2.28. The number of hydrogen-bond acceptors (Lipinski definition) is 5. The Kier molecular flexibility index (Phi) is 4.29. The number of methoxy groups -OCH3 is 1. The average Bonchev–Trinajstić information content (AvgIpc) is 3.16. The molecule has 1 atom stereocenters. The SMILES string of the molecule is COc1nn(C)cc1C(=O)NCC(C)(O)c1cc2ccccc2s1. The number of aliphatic hydroxyl groups is 1. The zero-order valence-electron chi connectivity index (χ0n) is 13.7. The van der Waals surface area contributed by atoms with E-state index in [9.17, 15) is 9.90 Å². The number of rotatable bonds is 5. The van der Waals surface area contributed by atoms with E-state index in [4.69, 9.17) is 4.74 Å². The summed E-state index contributed by atoms with van der Waals surface area (Å²) >= 11 is 1.52. The highest BCUT2D eigenvalue weighted by molar-refractivity contribution is 7.19. The smallest absolute Gasteiger partial charge is 0.258 e. The summed E-state index contributed by atoms with van der Waals surface area (Å²) in [6.45, 7) is 1.79. The number of fused-ring (bicyclic) bond motifs is 1. The van der Waals surface area contributed by atoms with Crippen LogP contribution in [0.3, 0.4) is 0 Å². The highest BCUT2D eigenvalue weighted by Crippen LogP contribution is 2.32. The van der Waals surface area contributed by atoms with Crippen molar-refractivity contribution in [2.45, 2.75) is 12.5 Å². The van der Waals surface area contributed by atoms with E-state index in [-0.39, 0.29) is 18.3 Å². The van der Waals surface area contributed by atoms with Gasteiger partial charge in [-0.1, -0.05) is 18.2 Å². The topological polar surface area (TPSA) is 76.4 Å². The number of benzene rings is 1. The van der Waals surface area contributed by atoms with Gasteiger partial charge < -0.3 is 15.2 Å². The number of aromatic nitrogens is 2. The molecule has 2 heterocycles. The Morgan fingerprint density at radius 3 is 2.92 bits per heavy atom. The highest BCUT2D eigenvalue weighted by atomic mass is 32.1. The van der Waals surface area contributed by atoms with Crippen molar-refractivity contribution in [3.05, 3.63) is 47.0 Å². The summed E-state index contributed by atoms with van der Waals surface area (Å²) in [6, 6.07) is 9.90. The second kappa shape index (κ2) is 6.26. The van der Waals surface area contributed by atoms with Crippen LogP contribution in [-0.2, 0) is 12.6 Å². The van der Waals surface area contributed by atoms with E-state index < -0.39 is 5.60 Å². The Bertz CT molecular complexity index is 849. The van der Waals surface area contributed by atoms with Gasteiger partial charge in [-0.3, -0.25) is 9.48 Å². The molecular formula is C17H19N3O3S. The molecule has 0 aliphatic heterocycles. The summed E-state index contributed by atoms with van der Waals surface area (Å²) in [6.07, 6.45) is 1.59. The molecule has 0 saturated heterocycles. The molecule has 1 unspecified atom stereocenters. The van der Waals surface area contributed by atoms with Gasteiger partial charge in [0.2, 0.25) is 5.88 Å². The predicted molar refractivity (Wildman–Crippen MR) is 93.5 cm³/mol. The number of hydrogen-bond donors (Lipinski definition) is 2. The number of nitrogens with one attached hydrogen (secondary N) is 1. The van der Waals surface area contributed by atoms with E-state index in [1.165, 1.54) is 23.1 Å². The van der Waals surface area contributed by atoms with Crippen LogP contribution in [-0.4, -0.2) is 34.4 Å². The number of nitrogens with zero attached hydrogens (tertiary/aromatic N) is 2. The minimum absolute atomic E-state index is 0.0940. The monoisotopic (exact) mass is 345 g/mol. The van der Waals surface area contributed by atoms with E-state index >= 15 is 0 Å². The standard InChI is InChI=1S/C17H19N3O3S/c1-17(22,14-8-11-6-4-5-7-13(11)24-14)10-18-15(21)12-9-20(2)19-16(12)23-3/h4-9,22H,10H2,1-3H3,(H,18,21). The minimum Gasteiger partial charge on any atom is -0.479 e. The largest absolute Gasteiger partial charge is 0.479 e. The van der Waals surface area contributed by atoms with E-state index in [1.807, 2.05) is 30.3 Å². The molecule has 0 saturated carbocycles. The van der Waals surface area contributed by atoms with Gasteiger partial charge in [0, 0.05) is 22.8 Å². The first kappa shape index (κ1) is 16.5. The van der Waals surface area contributed by atoms with Crippen LogP contribution in [0.15, 0.2) is 36.5 Å². The van der Waals surface area contributed by atoms with Crippen molar-refractivity contribution in [2.24, 2.45) is 7.05 Å². The fourth-order valence-corrected chi connectivity index (χ4v) is 3.56. The van der Waals surface area contributed by atoms with E-state index in [1.54, 1.807) is 20.2 Å². The molecule has 1 amide bonds. The maximum Gasteiger partial charge on any atom is 0.258 e. The summed E-state index contributed by atoms with van der Waals surface area (Å²) in [5, 5.41) is 18.6. The number of carbonyl (C=O) groups is 1. The minimum atomic E-state index is -1.16. The van der Waals surface area contributed by atoms with Gasteiger partial charge in [0.25, 0.3) is 5.91 Å². The zero-order chi connectivity index (χ0) is 17.3. The van der Waals surface area contributed by atoms with Gasteiger partial charge in [-0.05, 0) is 24.4 Å². The van der Waals surface area contributed by atoms with E-state index in [0.29, 0.717) is 5.56 Å². The van der Waals surface area contributed by atoms with Crippen molar-refractivity contribution in [1.29, 1.82) is 0 Å². The van der Waals surface area contributed by atoms with Crippen molar-refractivity contribution in [2.75, 3.05) is 13.7 Å². The van der Waals surface area contributed by atoms with Gasteiger partial charge in [0.1, 0.15) is 11.2 Å². The molecule has 7 heteroatoms. The van der Waals surface area contributed by atoms with Gasteiger partial charge in [-0.25, -0.2) is 0 Å². The van der Waals surface area contributed by atoms with Crippen LogP contribution < -0.4 is 10.1 Å². The van der Waals surface area contributed by atoms with Crippen molar-refractivity contribution in [3.8, 4) is 5.88 Å². The quantitative estimate of drug-likeness (QED) is 0.744. The lowest BCUT2D eigenvalue weighted by Gasteiger charge is -2.22. The average molecular weight is 345 g/mol. The fraction of sp³-hybridized carbons (Fsp3) is 0.294. The van der Waals surface area contributed by atoms with Gasteiger partial charge >= 0.3 is 0 Å². The molecular weight excluding hydrogens is 326 g/mol. The van der Waals surface area contributed by atoms with Crippen molar-refractivity contribution in [1.82, 2.24) is 15.1 Å². The molecule has 2 aromatic heterocycles. The third-order valence-electron chi connectivity index (χ3n) is 3.78. The normalized spacial score (nSPS) is 13.7. The number of carbonyl (C=O) groups excluding carboxylic acids is 1. The van der Waals surface area contributed by atoms with Gasteiger partial charge in [0.15, 0.2) is 0 Å². The van der Waals surface area contributed by atoms with Crippen LogP contribution in [0.2, 0.25) is 0 Å². The van der Waals surface area contributed by atoms with Crippen LogP contribution in [0.1, 0.15) is 22.2 Å². The van der Waals surface area contributed by atoms with Crippen LogP contribution >= 0.6 is 11.3 Å². The lowest BCUT2D eigenvalue weighted by atomic mass is 10.0. The second-order valence-corrected chi connectivity index (χ2v) is 6.91. The summed E-state index contributed by atoms with van der Waals surface area (Å²) < 4.78 is 7.71. The van der Waals surface area contributed by atoms with Crippen molar-refractivity contribution >= 4 is 27.3 Å². The summed E-state index contributed by atoms with van der Waals surface area (Å²) in [5.41, 5.74) is -0.818. The van der Waals surface area contributed by atoms with Gasteiger partial charge in [-0.15, -0.1) is 16.4 Å². The molecule has 0 spiro atoms. The molecule has 0 radical (unpaired) electrons. The molecule has 1 aromatic carbocycles. The van der Waals surface area contributed by atoms with Crippen LogP contribution in [0.25, 0.3) is 10.1 Å². The third-order valence-corrected chi connectivity index (χ3v) is 5.15. The molecule has 0 fully saturated rings. The van der Waals surface area contributed by atoms with E-state index in [2.05, 4.69) is 10.4 Å². The van der Waals surface area contributed by atoms with Gasteiger partial charge in [0.05, 0.1) is 13.7 Å². The molecule has 3 aromatic rings. The lowest BCUT2D eigenvalue weighted by Crippen LogP contribution is -2.38. The molecule has 0 bridgehead atoms. The van der Waals surface area contributed by atoms with Gasteiger partial charge in [-0.2, -0.15) is 0 Å². The number of amides is 1. The summed E-state index contributed by atoms with van der Waals surface area (Å²) in [7, 11) is 3.18. The number of thiophene rings is 1. The molecule has 126 valence electrons. The fourth-order valence-electron chi connectivity index (χ4n) is 2.46. The van der Waals surface area contributed by atoms with Crippen molar-refractivity contribution in [3.63, 3.8) is 0 Å². The Labute approximate surface area is 143 Å². The maximum atomic E-state index is 12.3. The van der Waals surface area contributed by atoms with Crippen molar-refractivity contribution < 1.29 is 14.6 Å². The second-order valence-electron chi connectivity index (χ2n) is 5.83. The molecule has 2 N–H and O–H groups in total. The Balaban J connectivity index is 1.75. The van der Waals surface area contributed by atoms with Crippen LogP contribution in [0.4, 0.5) is 0 Å². The third kappa shape index (κ3) is 3.13. The number of ether oxygens (including phenoxy) is 1. The van der Waals surface area contributed by atoms with E-state index in [0.717, 1.165) is 15.0 Å². The number of aryl methyl sites for hydroxylation is 1. The molecule has 0 aliphatic carbocycles. The summed E-state index contributed by atoms with van der Waals surface area (Å²) in [4.78, 5) is 13.1. The first-order chi connectivity index (χ1) is 11.4. The Hall–Kier alpha value is -2.38. The first-order valence-corrected chi connectivity index (χ1v) is 8.29. The van der Waals surface area contributed by atoms with Crippen LogP contribution in [0.5, 0.6) is 5.88 Å². The highest BCUT2D eigenvalue weighted by Gasteiger charge is 2.27. The Morgan fingerprint density at radius 1 is 1.46 bits per heavy atom. The summed E-state index contributed by atoms with van der Waals surface area (Å²) in [5.74, 6) is -0.0714. The van der Waals surface area contributed by atoms with Crippen LogP contribution in [0, 0.1) is 0 Å². The first-order valence-electron chi connectivity index (χ1n) is 7.48. The zero-order valence-corrected chi connectivity index (χ0v) is 14.6. The Morgan fingerprint density at radius 2 is 2.21 bits per heavy atom. The molecule has 3 rings (SSSR count). The molecule has 6 nitrogen and oxygen atoms in total. The maximum absolute atomic E-state index is 12.3.